The largest absolute Gasteiger partial charge is 0.397 e. The molecule has 4 nitrogen and oxygen atoms in total. The van der Waals surface area contributed by atoms with Gasteiger partial charge in [-0.3, -0.25) is 0 Å². The molecule has 2 aromatic rings. The Kier molecular flexibility index (Phi) is 3.34. The fourth-order valence-corrected chi connectivity index (χ4v) is 3.05. The van der Waals surface area contributed by atoms with E-state index in [1.165, 1.54) is 0 Å². The van der Waals surface area contributed by atoms with Gasteiger partial charge in [0, 0.05) is 18.1 Å². The standard InChI is InChI=1S/C14H20N2O2S/c1-14(2,3)19(17,18)10-9-16-8-7-11-5-4-6-12(15)13(11)16/h4-8H,9-10,15H2,1-3H3. The van der Waals surface area contributed by atoms with Crippen LogP contribution >= 0.6 is 0 Å². The molecule has 1 aromatic heterocycles. The van der Waals surface area contributed by atoms with E-state index in [-0.39, 0.29) is 5.75 Å². The lowest BCUT2D eigenvalue weighted by Gasteiger charge is -2.19. The van der Waals surface area contributed by atoms with Crippen LogP contribution in [-0.2, 0) is 16.4 Å². The maximum atomic E-state index is 12.1. The summed E-state index contributed by atoms with van der Waals surface area (Å²) in [6, 6.07) is 7.65. The number of nitrogens with two attached hydrogens (primary N) is 1. The molecule has 1 heterocycles. The number of sulfone groups is 1. The minimum Gasteiger partial charge on any atom is -0.397 e. The molecule has 1 aromatic carbocycles. The summed E-state index contributed by atoms with van der Waals surface area (Å²) in [6.45, 7) is 5.61. The fourth-order valence-electron chi connectivity index (χ4n) is 2.00. The van der Waals surface area contributed by atoms with Gasteiger partial charge in [0.15, 0.2) is 9.84 Å². The highest BCUT2D eigenvalue weighted by Crippen LogP contribution is 2.23. The summed E-state index contributed by atoms with van der Waals surface area (Å²) >= 11 is 0. The molecule has 0 fully saturated rings. The molecule has 0 amide bonds. The first kappa shape index (κ1) is 13.9. The number of hydrogen-bond acceptors (Lipinski definition) is 3. The first-order valence-corrected chi connectivity index (χ1v) is 7.93. The van der Waals surface area contributed by atoms with Gasteiger partial charge in [-0.25, -0.2) is 8.42 Å². The fraction of sp³-hybridized carbons (Fsp3) is 0.429. The molecule has 2 rings (SSSR count). The third kappa shape index (κ3) is 2.61. The van der Waals surface area contributed by atoms with Crippen molar-refractivity contribution in [2.75, 3.05) is 11.5 Å². The van der Waals surface area contributed by atoms with Crippen molar-refractivity contribution < 1.29 is 8.42 Å². The Labute approximate surface area is 114 Å². The van der Waals surface area contributed by atoms with E-state index >= 15 is 0 Å². The van der Waals surface area contributed by atoms with Gasteiger partial charge in [-0.15, -0.1) is 0 Å². The molecular formula is C14H20N2O2S. The highest BCUT2D eigenvalue weighted by atomic mass is 32.2. The van der Waals surface area contributed by atoms with Crippen molar-refractivity contribution in [1.29, 1.82) is 0 Å². The molecule has 0 atom stereocenters. The average Bonchev–Trinajstić information content (AvgIpc) is 2.69. The molecule has 2 N–H and O–H groups in total. The molecule has 0 aliphatic carbocycles. The van der Waals surface area contributed by atoms with Crippen LogP contribution in [0.4, 0.5) is 5.69 Å². The lowest BCUT2D eigenvalue weighted by molar-refractivity contribution is 0.555. The van der Waals surface area contributed by atoms with Gasteiger partial charge in [0.1, 0.15) is 0 Å². The zero-order valence-corrected chi connectivity index (χ0v) is 12.4. The Morgan fingerprint density at radius 3 is 2.53 bits per heavy atom. The minimum atomic E-state index is -3.12. The van der Waals surface area contributed by atoms with Gasteiger partial charge >= 0.3 is 0 Å². The number of fused-ring (bicyclic) bond motifs is 1. The van der Waals surface area contributed by atoms with Gasteiger partial charge in [0.2, 0.25) is 0 Å². The van der Waals surface area contributed by atoms with E-state index in [2.05, 4.69) is 0 Å². The second-order valence-corrected chi connectivity index (χ2v) is 8.59. The molecule has 19 heavy (non-hydrogen) atoms. The number of rotatable bonds is 3. The third-order valence-electron chi connectivity index (χ3n) is 3.35. The van der Waals surface area contributed by atoms with Crippen LogP contribution in [0.1, 0.15) is 20.8 Å². The van der Waals surface area contributed by atoms with Crippen LogP contribution in [0.15, 0.2) is 30.5 Å². The van der Waals surface area contributed by atoms with Crippen LogP contribution in [0.3, 0.4) is 0 Å². The summed E-state index contributed by atoms with van der Waals surface area (Å²) in [5.74, 6) is 0.120. The predicted octanol–water partition coefficient (Wildman–Crippen LogP) is 2.44. The summed E-state index contributed by atoms with van der Waals surface area (Å²) in [4.78, 5) is 0. The number of benzene rings is 1. The van der Waals surface area contributed by atoms with Crippen LogP contribution < -0.4 is 5.73 Å². The second kappa shape index (κ2) is 4.56. The summed E-state index contributed by atoms with van der Waals surface area (Å²) in [5.41, 5.74) is 7.54. The van der Waals surface area contributed by atoms with E-state index in [0.717, 1.165) is 10.9 Å². The first-order chi connectivity index (χ1) is 8.72. The zero-order valence-electron chi connectivity index (χ0n) is 11.6. The lowest BCUT2D eigenvalue weighted by atomic mass is 10.2. The zero-order chi connectivity index (χ0) is 14.3. The molecule has 0 aliphatic rings. The first-order valence-electron chi connectivity index (χ1n) is 6.28. The number of aryl methyl sites for hydroxylation is 1. The van der Waals surface area contributed by atoms with Gasteiger partial charge in [-0.2, -0.15) is 0 Å². The molecule has 0 spiro atoms. The van der Waals surface area contributed by atoms with Crippen molar-refractivity contribution in [3.05, 3.63) is 30.5 Å². The quantitative estimate of drug-likeness (QED) is 0.878. The number of nitrogen functional groups attached to an aromatic ring is 1. The summed E-state index contributed by atoms with van der Waals surface area (Å²) in [6.07, 6.45) is 1.89. The lowest BCUT2D eigenvalue weighted by Crippen LogP contribution is -2.31. The van der Waals surface area contributed by atoms with Crippen molar-refractivity contribution >= 4 is 26.4 Å². The molecule has 0 saturated carbocycles. The molecule has 104 valence electrons. The van der Waals surface area contributed by atoms with E-state index in [1.54, 1.807) is 20.8 Å². The molecule has 0 radical (unpaired) electrons. The maximum Gasteiger partial charge on any atom is 0.156 e. The Balaban J connectivity index is 2.29. The number of para-hydroxylation sites is 1. The monoisotopic (exact) mass is 280 g/mol. The number of aromatic nitrogens is 1. The minimum absolute atomic E-state index is 0.120. The van der Waals surface area contributed by atoms with Crippen molar-refractivity contribution in [1.82, 2.24) is 4.57 Å². The van der Waals surface area contributed by atoms with E-state index in [9.17, 15) is 8.42 Å². The van der Waals surface area contributed by atoms with Crippen molar-refractivity contribution in [3.63, 3.8) is 0 Å². The van der Waals surface area contributed by atoms with E-state index in [0.29, 0.717) is 12.2 Å². The molecular weight excluding hydrogens is 260 g/mol. The number of anilines is 1. The van der Waals surface area contributed by atoms with Crippen LogP contribution in [0.25, 0.3) is 10.9 Å². The van der Waals surface area contributed by atoms with Gasteiger partial charge < -0.3 is 10.3 Å². The summed E-state index contributed by atoms with van der Waals surface area (Å²) in [7, 11) is -3.12. The van der Waals surface area contributed by atoms with Crippen LogP contribution in [0.2, 0.25) is 0 Å². The van der Waals surface area contributed by atoms with Gasteiger partial charge in [-0.1, -0.05) is 12.1 Å². The van der Waals surface area contributed by atoms with Gasteiger partial charge in [-0.05, 0) is 32.9 Å². The highest BCUT2D eigenvalue weighted by Gasteiger charge is 2.28. The summed E-state index contributed by atoms with van der Waals surface area (Å²) < 4.78 is 25.4. The Morgan fingerprint density at radius 2 is 1.89 bits per heavy atom. The van der Waals surface area contributed by atoms with Crippen LogP contribution in [0.5, 0.6) is 0 Å². The van der Waals surface area contributed by atoms with E-state index in [4.69, 9.17) is 5.73 Å². The number of hydrogen-bond donors (Lipinski definition) is 1. The Morgan fingerprint density at radius 1 is 1.21 bits per heavy atom. The molecule has 0 unspecified atom stereocenters. The van der Waals surface area contributed by atoms with E-state index in [1.807, 2.05) is 35.0 Å². The normalized spacial score (nSPS) is 13.0. The van der Waals surface area contributed by atoms with Crippen molar-refractivity contribution in [2.45, 2.75) is 32.1 Å². The van der Waals surface area contributed by atoms with Crippen LogP contribution in [-0.4, -0.2) is 23.5 Å². The Bertz CT molecular complexity index is 694. The van der Waals surface area contributed by atoms with Gasteiger partial charge in [0.05, 0.1) is 21.7 Å². The highest BCUT2D eigenvalue weighted by molar-refractivity contribution is 7.92. The smallest absolute Gasteiger partial charge is 0.156 e. The van der Waals surface area contributed by atoms with E-state index < -0.39 is 14.6 Å². The predicted molar refractivity (Wildman–Crippen MR) is 79.9 cm³/mol. The molecule has 0 aliphatic heterocycles. The topological polar surface area (TPSA) is 65.1 Å². The third-order valence-corrected chi connectivity index (χ3v) is 5.94. The summed E-state index contributed by atoms with van der Waals surface area (Å²) in [5, 5.41) is 1.04. The Hall–Kier alpha value is -1.49. The average molecular weight is 280 g/mol. The maximum absolute atomic E-state index is 12.1. The van der Waals surface area contributed by atoms with Crippen molar-refractivity contribution in [3.8, 4) is 0 Å². The molecule has 0 bridgehead atoms. The number of nitrogens with zero attached hydrogens (tertiary/aromatic N) is 1. The molecule has 0 saturated heterocycles. The second-order valence-electron chi connectivity index (χ2n) is 5.73. The van der Waals surface area contributed by atoms with Gasteiger partial charge in [0.25, 0.3) is 0 Å². The van der Waals surface area contributed by atoms with Crippen LogP contribution in [0, 0.1) is 0 Å². The molecule has 5 heteroatoms. The van der Waals surface area contributed by atoms with Crippen molar-refractivity contribution in [2.24, 2.45) is 0 Å². The SMILES string of the molecule is CC(C)(C)S(=O)(=O)CCn1ccc2cccc(N)c21.